The summed E-state index contributed by atoms with van der Waals surface area (Å²) in [5.74, 6) is 0.0128. The summed E-state index contributed by atoms with van der Waals surface area (Å²) in [5.41, 5.74) is 4.00. The third-order valence-corrected chi connectivity index (χ3v) is 4.14. The zero-order chi connectivity index (χ0) is 20.0. The Hall–Kier alpha value is -2.82. The second-order valence-electron chi connectivity index (χ2n) is 6.58. The Labute approximate surface area is 160 Å². The van der Waals surface area contributed by atoms with Gasteiger partial charge in [0.1, 0.15) is 5.75 Å². The Bertz CT molecular complexity index is 809. The summed E-state index contributed by atoms with van der Waals surface area (Å²) in [4.78, 5) is 24.7. The molecule has 0 fully saturated rings. The molecule has 1 atom stereocenters. The number of nitrogens with one attached hydrogen (secondary N) is 1. The lowest BCUT2D eigenvalue weighted by Gasteiger charge is -2.19. The van der Waals surface area contributed by atoms with E-state index in [0.717, 1.165) is 16.7 Å². The van der Waals surface area contributed by atoms with Crippen LogP contribution in [-0.2, 0) is 9.53 Å². The highest BCUT2D eigenvalue weighted by atomic mass is 16.5. The highest BCUT2D eigenvalue weighted by Crippen LogP contribution is 2.21. The highest BCUT2D eigenvalue weighted by Gasteiger charge is 2.20. The lowest BCUT2D eigenvalue weighted by Crippen LogP contribution is -2.32. The molecule has 0 aliphatic carbocycles. The van der Waals surface area contributed by atoms with E-state index >= 15 is 0 Å². The number of benzene rings is 2. The van der Waals surface area contributed by atoms with Crippen molar-refractivity contribution in [1.82, 2.24) is 0 Å². The molecule has 0 unspecified atom stereocenters. The molecular weight excluding hydrogens is 342 g/mol. The molecule has 0 aliphatic heterocycles. The third kappa shape index (κ3) is 5.58. The van der Waals surface area contributed by atoms with Crippen molar-refractivity contribution in [1.29, 1.82) is 0 Å². The van der Waals surface area contributed by atoms with Crippen molar-refractivity contribution in [2.45, 2.75) is 47.1 Å². The average Bonchev–Trinajstić information content (AvgIpc) is 2.60. The van der Waals surface area contributed by atoms with Crippen LogP contribution in [0.1, 0.15) is 47.3 Å². The Morgan fingerprint density at radius 2 is 1.67 bits per heavy atom. The van der Waals surface area contributed by atoms with E-state index < -0.39 is 12.1 Å². The van der Waals surface area contributed by atoms with Gasteiger partial charge >= 0.3 is 5.97 Å². The van der Waals surface area contributed by atoms with Crippen LogP contribution >= 0.6 is 0 Å². The molecule has 5 nitrogen and oxygen atoms in total. The van der Waals surface area contributed by atoms with E-state index in [-0.39, 0.29) is 5.91 Å². The quantitative estimate of drug-likeness (QED) is 0.725. The minimum absolute atomic E-state index is 0.249. The van der Waals surface area contributed by atoms with Crippen molar-refractivity contribution in [2.24, 2.45) is 0 Å². The average molecular weight is 369 g/mol. The predicted molar refractivity (Wildman–Crippen MR) is 106 cm³/mol. The van der Waals surface area contributed by atoms with Crippen molar-refractivity contribution in [2.75, 3.05) is 11.9 Å². The molecule has 144 valence electrons. The molecule has 0 aliphatic rings. The number of aryl methyl sites for hydroxylation is 3. The summed E-state index contributed by atoms with van der Waals surface area (Å²) in [7, 11) is 0. The van der Waals surface area contributed by atoms with Gasteiger partial charge in [0.25, 0.3) is 5.91 Å². The van der Waals surface area contributed by atoms with E-state index in [1.807, 2.05) is 39.8 Å². The predicted octanol–water partition coefficient (Wildman–Crippen LogP) is 4.58. The van der Waals surface area contributed by atoms with E-state index in [1.165, 1.54) is 0 Å². The zero-order valence-electron chi connectivity index (χ0n) is 16.6. The Morgan fingerprint density at radius 3 is 2.26 bits per heavy atom. The summed E-state index contributed by atoms with van der Waals surface area (Å²) >= 11 is 0. The van der Waals surface area contributed by atoms with Gasteiger partial charge in [-0.2, -0.15) is 0 Å². The van der Waals surface area contributed by atoms with Crippen LogP contribution in [0.3, 0.4) is 0 Å². The van der Waals surface area contributed by atoms with Gasteiger partial charge in [0, 0.05) is 5.69 Å². The van der Waals surface area contributed by atoms with Crippen LogP contribution in [0, 0.1) is 20.8 Å². The number of hydrogen-bond acceptors (Lipinski definition) is 4. The molecule has 0 heterocycles. The van der Waals surface area contributed by atoms with E-state index in [9.17, 15) is 9.59 Å². The van der Waals surface area contributed by atoms with Crippen molar-refractivity contribution in [3.63, 3.8) is 0 Å². The van der Waals surface area contributed by atoms with Crippen molar-refractivity contribution >= 4 is 17.6 Å². The maximum Gasteiger partial charge on any atom is 0.338 e. The largest absolute Gasteiger partial charge is 0.481 e. The molecule has 0 saturated heterocycles. The first-order chi connectivity index (χ1) is 12.8. The monoisotopic (exact) mass is 369 g/mol. The molecule has 2 aromatic rings. The molecule has 2 aromatic carbocycles. The minimum Gasteiger partial charge on any atom is -0.481 e. The number of hydrogen-bond donors (Lipinski definition) is 1. The number of amides is 1. The summed E-state index contributed by atoms with van der Waals surface area (Å²) in [6, 6.07) is 11.0. The molecule has 1 amide bonds. The van der Waals surface area contributed by atoms with Gasteiger partial charge in [-0.05, 0) is 75.1 Å². The van der Waals surface area contributed by atoms with Crippen LogP contribution in [-0.4, -0.2) is 24.6 Å². The van der Waals surface area contributed by atoms with Crippen LogP contribution in [0.15, 0.2) is 36.4 Å². The number of carbonyl (C=O) groups excluding carboxylic acids is 2. The molecule has 0 bridgehead atoms. The van der Waals surface area contributed by atoms with Crippen LogP contribution in [0.25, 0.3) is 0 Å². The standard InChI is InChI=1S/C22H27NO4/c1-6-20(27-18-11-14(3)10-15(4)12-18)21(24)23-19-13-17(9-8-16(19)5)22(25)26-7-2/h8-13,20H,6-7H2,1-5H3,(H,23,24)/t20-/m0/s1. The fourth-order valence-corrected chi connectivity index (χ4v) is 2.80. The Morgan fingerprint density at radius 1 is 1.00 bits per heavy atom. The molecule has 27 heavy (non-hydrogen) atoms. The first-order valence-electron chi connectivity index (χ1n) is 9.17. The lowest BCUT2D eigenvalue weighted by molar-refractivity contribution is -0.122. The topological polar surface area (TPSA) is 64.6 Å². The normalized spacial score (nSPS) is 11.6. The SMILES string of the molecule is CCOC(=O)c1ccc(C)c(NC(=O)[C@H](CC)Oc2cc(C)cc(C)c2)c1. The third-order valence-electron chi connectivity index (χ3n) is 4.14. The van der Waals surface area contributed by atoms with Gasteiger partial charge in [0.15, 0.2) is 6.10 Å². The second kappa shape index (κ2) is 9.21. The van der Waals surface area contributed by atoms with Gasteiger partial charge in [-0.15, -0.1) is 0 Å². The van der Waals surface area contributed by atoms with E-state index in [4.69, 9.17) is 9.47 Å². The summed E-state index contributed by atoms with van der Waals surface area (Å²) in [6.07, 6.45) is -0.105. The molecule has 5 heteroatoms. The molecule has 2 rings (SSSR count). The van der Waals surface area contributed by atoms with Crippen molar-refractivity contribution in [3.05, 3.63) is 58.7 Å². The van der Waals surface area contributed by atoms with Crippen molar-refractivity contribution < 1.29 is 19.1 Å². The number of ether oxygens (including phenoxy) is 2. The fourth-order valence-electron chi connectivity index (χ4n) is 2.80. The van der Waals surface area contributed by atoms with Crippen LogP contribution in [0.5, 0.6) is 5.75 Å². The van der Waals surface area contributed by atoms with Gasteiger partial charge in [-0.25, -0.2) is 4.79 Å². The zero-order valence-corrected chi connectivity index (χ0v) is 16.6. The summed E-state index contributed by atoms with van der Waals surface area (Å²) in [5, 5.41) is 2.88. The molecule has 1 N–H and O–H groups in total. The summed E-state index contributed by atoms with van der Waals surface area (Å²) < 4.78 is 10.9. The number of carbonyl (C=O) groups is 2. The van der Waals surface area contributed by atoms with Gasteiger partial charge in [-0.3, -0.25) is 4.79 Å². The molecule has 0 aromatic heterocycles. The smallest absolute Gasteiger partial charge is 0.338 e. The van der Waals surface area contributed by atoms with Crippen LogP contribution < -0.4 is 10.1 Å². The van der Waals surface area contributed by atoms with E-state index in [2.05, 4.69) is 11.4 Å². The van der Waals surface area contributed by atoms with E-state index in [0.29, 0.717) is 30.0 Å². The first-order valence-corrected chi connectivity index (χ1v) is 9.17. The lowest BCUT2D eigenvalue weighted by atomic mass is 10.1. The molecule has 0 spiro atoms. The van der Waals surface area contributed by atoms with Gasteiger partial charge in [-0.1, -0.05) is 19.1 Å². The minimum atomic E-state index is -0.628. The van der Waals surface area contributed by atoms with Gasteiger partial charge in [0.2, 0.25) is 0 Å². The number of esters is 1. The molecular formula is C22H27NO4. The molecule has 0 radical (unpaired) electrons. The summed E-state index contributed by atoms with van der Waals surface area (Å²) in [6.45, 7) is 9.81. The fraction of sp³-hybridized carbons (Fsp3) is 0.364. The van der Waals surface area contributed by atoms with E-state index in [1.54, 1.807) is 25.1 Å². The molecule has 0 saturated carbocycles. The first kappa shape index (κ1) is 20.5. The van der Waals surface area contributed by atoms with Crippen LogP contribution in [0.2, 0.25) is 0 Å². The number of rotatable bonds is 7. The maximum atomic E-state index is 12.7. The Balaban J connectivity index is 2.16. The second-order valence-corrected chi connectivity index (χ2v) is 6.58. The van der Waals surface area contributed by atoms with Gasteiger partial charge in [0.05, 0.1) is 12.2 Å². The highest BCUT2D eigenvalue weighted by molar-refractivity contribution is 5.97. The van der Waals surface area contributed by atoms with Crippen molar-refractivity contribution in [3.8, 4) is 5.75 Å². The Kier molecular flexibility index (Phi) is 6.99. The maximum absolute atomic E-state index is 12.7. The van der Waals surface area contributed by atoms with Gasteiger partial charge < -0.3 is 14.8 Å². The van der Waals surface area contributed by atoms with Crippen LogP contribution in [0.4, 0.5) is 5.69 Å². The number of anilines is 1.